The maximum atomic E-state index is 11.2. The van der Waals surface area contributed by atoms with Gasteiger partial charge in [-0.3, -0.25) is 0 Å². The van der Waals surface area contributed by atoms with Crippen molar-refractivity contribution in [3.63, 3.8) is 0 Å². The predicted octanol–water partition coefficient (Wildman–Crippen LogP) is 22.4. The molecule has 0 spiro atoms. The lowest BCUT2D eigenvalue weighted by Gasteiger charge is -2.16. The first-order chi connectivity index (χ1) is 46.6. The third kappa shape index (κ3) is 7.25. The number of para-hydroxylation sites is 8. The minimum absolute atomic E-state index is 0.453. The minimum Gasteiger partial charge on any atom is -0.309 e. The van der Waals surface area contributed by atoms with Crippen LogP contribution in [-0.4, -0.2) is 27.4 Å². The highest BCUT2D eigenvalue weighted by Crippen LogP contribution is 2.45. The number of benzene rings is 14. The van der Waals surface area contributed by atoms with Crippen LogP contribution in [0, 0.1) is 17.9 Å². The largest absolute Gasteiger partial charge is 0.309 e. The molecule has 0 amide bonds. The molecule has 0 unspecified atom stereocenters. The van der Waals surface area contributed by atoms with E-state index in [1.807, 2.05) is 12.1 Å². The topological polar surface area (TPSA) is 57.7 Å². The van der Waals surface area contributed by atoms with Crippen LogP contribution in [0.25, 0.3) is 181 Å². The van der Waals surface area contributed by atoms with Crippen LogP contribution in [0.15, 0.2) is 303 Å². The van der Waals surface area contributed by atoms with Gasteiger partial charge in [0.05, 0.1) is 84.4 Å². The molecule has 0 saturated heterocycles. The van der Waals surface area contributed by atoms with Gasteiger partial charge in [-0.25, -0.2) is 4.85 Å². The van der Waals surface area contributed by atoms with Crippen molar-refractivity contribution < 1.29 is 0 Å². The fourth-order valence-corrected chi connectivity index (χ4v) is 15.9. The Morgan fingerprint density at radius 2 is 0.436 bits per heavy atom. The molecule has 0 N–H and O–H groups in total. The minimum atomic E-state index is 0.453. The quantitative estimate of drug-likeness (QED) is 0.147. The molecule has 0 radical (unpaired) electrons. The molecular weight excluding hydrogens is 1150 g/mol. The van der Waals surface area contributed by atoms with Gasteiger partial charge in [-0.2, -0.15) is 5.26 Å². The molecule has 0 atom stereocenters. The summed E-state index contributed by atoms with van der Waals surface area (Å²) in [5, 5.41) is 25.2. The summed E-state index contributed by atoms with van der Waals surface area (Å²) in [5.41, 5.74) is 21.4. The summed E-state index contributed by atoms with van der Waals surface area (Å²) in [6, 6.07) is 111. The molecule has 434 valence electrons. The summed E-state index contributed by atoms with van der Waals surface area (Å²) >= 11 is 0. The predicted molar refractivity (Wildman–Crippen MR) is 389 cm³/mol. The Balaban J connectivity index is 0.803. The van der Waals surface area contributed by atoms with Crippen LogP contribution >= 0.6 is 0 Å². The summed E-state index contributed by atoms with van der Waals surface area (Å²) in [4.78, 5) is 4.21. The summed E-state index contributed by atoms with van der Waals surface area (Å²) in [5.74, 6) is 0. The Hall–Kier alpha value is -13.1. The van der Waals surface area contributed by atoms with E-state index >= 15 is 0 Å². The Labute approximate surface area is 537 Å². The fourth-order valence-electron chi connectivity index (χ4n) is 15.9. The van der Waals surface area contributed by atoms with Gasteiger partial charge in [0.1, 0.15) is 0 Å². The van der Waals surface area contributed by atoms with Crippen molar-refractivity contribution in [3.8, 4) is 51.3 Å². The molecule has 14 aromatic carbocycles. The van der Waals surface area contributed by atoms with Crippen LogP contribution < -0.4 is 0 Å². The van der Waals surface area contributed by atoms with Crippen molar-refractivity contribution in [2.24, 2.45) is 0 Å². The van der Waals surface area contributed by atoms with Crippen molar-refractivity contribution >= 4 is 137 Å². The smallest absolute Gasteiger partial charge is 0.195 e. The molecular formula is C86H50N8. The molecule has 20 rings (SSSR count). The lowest BCUT2D eigenvalue weighted by molar-refractivity contribution is 1.16. The average molecular weight is 1200 g/mol. The number of nitriles is 1. The summed E-state index contributed by atoms with van der Waals surface area (Å²) in [6.07, 6.45) is 0. The van der Waals surface area contributed by atoms with Gasteiger partial charge in [0.25, 0.3) is 0 Å². The van der Waals surface area contributed by atoms with Gasteiger partial charge < -0.3 is 27.4 Å². The average Bonchev–Trinajstić information content (AvgIpc) is 1.57. The van der Waals surface area contributed by atoms with Gasteiger partial charge in [0.2, 0.25) is 0 Å². The highest BCUT2D eigenvalue weighted by atomic mass is 15.0. The zero-order valence-electron chi connectivity index (χ0n) is 50.4. The van der Waals surface area contributed by atoms with Crippen LogP contribution in [0.1, 0.15) is 5.56 Å². The second kappa shape index (κ2) is 19.7. The van der Waals surface area contributed by atoms with E-state index in [-0.39, 0.29) is 0 Å². The van der Waals surface area contributed by atoms with Gasteiger partial charge in [-0.1, -0.05) is 152 Å². The summed E-state index contributed by atoms with van der Waals surface area (Å²) < 4.78 is 14.2. The molecule has 6 heterocycles. The molecule has 8 nitrogen and oxygen atoms in total. The Morgan fingerprint density at radius 3 is 0.691 bits per heavy atom. The highest BCUT2D eigenvalue weighted by molar-refractivity contribution is 6.17. The van der Waals surface area contributed by atoms with E-state index in [1.165, 1.54) is 43.1 Å². The summed E-state index contributed by atoms with van der Waals surface area (Å²) in [7, 11) is 0. The van der Waals surface area contributed by atoms with E-state index in [1.54, 1.807) is 0 Å². The van der Waals surface area contributed by atoms with Crippen LogP contribution in [-0.2, 0) is 0 Å². The molecule has 0 aliphatic rings. The molecule has 6 aromatic heterocycles. The first kappa shape index (κ1) is 51.7. The van der Waals surface area contributed by atoms with Crippen molar-refractivity contribution in [2.75, 3.05) is 0 Å². The molecule has 8 heteroatoms. The SMILES string of the molecule is [C-]#[N+]c1ccc(-n2c3ccc(-n4c5ccccc5c5ccccc54)cc3c3cc(-n4c5ccccc5c5ccccc54)ccc32)cc1-c1cc(-n2c3ccc(-n4c5ccccc5c5ccccc54)cc3c3cc(-n4c5ccccc5c5ccccc54)ccc32)ccc1C#N. The monoisotopic (exact) mass is 1190 g/mol. The molecule has 0 fully saturated rings. The molecule has 0 aliphatic heterocycles. The van der Waals surface area contributed by atoms with Gasteiger partial charge in [-0.15, -0.1) is 0 Å². The lowest BCUT2D eigenvalue weighted by atomic mass is 9.97. The maximum Gasteiger partial charge on any atom is 0.195 e. The number of hydrogen-bond acceptors (Lipinski definition) is 1. The van der Waals surface area contributed by atoms with E-state index in [4.69, 9.17) is 6.57 Å². The fraction of sp³-hybridized carbons (Fsp3) is 0. The zero-order chi connectivity index (χ0) is 61.9. The van der Waals surface area contributed by atoms with Crippen molar-refractivity contribution in [1.29, 1.82) is 5.26 Å². The Morgan fingerprint density at radius 1 is 0.223 bits per heavy atom. The van der Waals surface area contributed by atoms with Gasteiger partial charge in [-0.05, 0) is 163 Å². The number of nitrogens with zero attached hydrogens (tertiary/aromatic N) is 8. The van der Waals surface area contributed by atoms with E-state index in [2.05, 4.69) is 330 Å². The molecule has 20 aromatic rings. The molecule has 0 aliphatic carbocycles. The Bertz CT molecular complexity index is 5810. The van der Waals surface area contributed by atoms with Crippen LogP contribution in [0.2, 0.25) is 0 Å². The number of aromatic nitrogens is 6. The van der Waals surface area contributed by atoms with Gasteiger partial charge in [0, 0.05) is 98.8 Å². The van der Waals surface area contributed by atoms with Gasteiger partial charge >= 0.3 is 0 Å². The van der Waals surface area contributed by atoms with Gasteiger partial charge in [0.15, 0.2) is 5.69 Å². The van der Waals surface area contributed by atoms with E-state index in [9.17, 15) is 5.26 Å². The zero-order valence-corrected chi connectivity index (χ0v) is 50.4. The molecule has 0 saturated carbocycles. The first-order valence-electron chi connectivity index (χ1n) is 31.7. The first-order valence-corrected chi connectivity index (χ1v) is 31.7. The van der Waals surface area contributed by atoms with E-state index in [0.717, 1.165) is 122 Å². The summed E-state index contributed by atoms with van der Waals surface area (Å²) in [6.45, 7) is 8.77. The van der Waals surface area contributed by atoms with Crippen molar-refractivity contribution in [2.45, 2.75) is 0 Å². The third-order valence-corrected chi connectivity index (χ3v) is 19.8. The highest BCUT2D eigenvalue weighted by Gasteiger charge is 2.24. The maximum absolute atomic E-state index is 11.2. The normalized spacial score (nSPS) is 12.0. The van der Waals surface area contributed by atoms with Crippen molar-refractivity contribution in [3.05, 3.63) is 320 Å². The number of fused-ring (bicyclic) bond motifs is 18. The standard InChI is InChI=1S/C86H50N8/c1-88-74-41-36-55(94-85-44-39-58(91-79-30-14-6-22-64(79)65-23-7-15-31-80(65)91)50-72(85)73-51-59(40-45-86(73)94)92-81-32-16-8-24-66(81)67-25-9-17-33-82(67)92)47-69(74)68-46-54(35-34-53(68)52-87)93-83-42-37-56(89-75-26-10-2-18-60(75)61-19-3-11-27-76(61)89)48-70(83)71-49-57(38-43-84(71)93)90-77-28-12-4-20-62(77)63-21-5-13-29-78(63)90/h2-51H. The van der Waals surface area contributed by atoms with E-state index in [0.29, 0.717) is 22.4 Å². The molecule has 0 bridgehead atoms. The van der Waals surface area contributed by atoms with E-state index < -0.39 is 0 Å². The number of rotatable bonds is 7. The Kier molecular flexibility index (Phi) is 10.8. The second-order valence-corrected chi connectivity index (χ2v) is 24.6. The van der Waals surface area contributed by atoms with Crippen molar-refractivity contribution in [1.82, 2.24) is 27.4 Å². The lowest BCUT2D eigenvalue weighted by Crippen LogP contribution is -1.99. The third-order valence-electron chi connectivity index (χ3n) is 19.8. The number of hydrogen-bond donors (Lipinski definition) is 0. The molecule has 94 heavy (non-hydrogen) atoms. The van der Waals surface area contributed by atoms with Crippen LogP contribution in [0.5, 0.6) is 0 Å². The van der Waals surface area contributed by atoms with Crippen LogP contribution in [0.3, 0.4) is 0 Å². The second-order valence-electron chi connectivity index (χ2n) is 24.6. The van der Waals surface area contributed by atoms with Crippen LogP contribution in [0.4, 0.5) is 5.69 Å².